The minimum absolute atomic E-state index is 0.533. The molecule has 28 heavy (non-hydrogen) atoms. The van der Waals surface area contributed by atoms with Crippen molar-refractivity contribution in [2.24, 2.45) is 10.9 Å². The molecule has 0 saturated heterocycles. The van der Waals surface area contributed by atoms with Crippen molar-refractivity contribution in [3.8, 4) is 11.5 Å². The van der Waals surface area contributed by atoms with E-state index in [1.54, 1.807) is 6.07 Å². The van der Waals surface area contributed by atoms with E-state index in [9.17, 15) is 18.4 Å². The summed E-state index contributed by atoms with van der Waals surface area (Å²) in [6, 6.07) is 12.4. The largest absolute Gasteiger partial charge is 0.457 e. The first kappa shape index (κ1) is 18.0. The van der Waals surface area contributed by atoms with Crippen molar-refractivity contribution in [2.75, 3.05) is 0 Å². The Bertz CT molecular complexity index is 1030. The van der Waals surface area contributed by atoms with E-state index < -0.39 is 35.9 Å². The zero-order valence-electron chi connectivity index (χ0n) is 14.9. The molecule has 2 unspecified atom stereocenters. The van der Waals surface area contributed by atoms with Gasteiger partial charge in [0.15, 0.2) is 0 Å². The molecule has 4 rings (SSSR count). The van der Waals surface area contributed by atoms with Crippen LogP contribution in [0.4, 0.5) is 8.78 Å². The molecule has 5 nitrogen and oxygen atoms in total. The fourth-order valence-electron chi connectivity index (χ4n) is 3.29. The molecule has 142 valence electrons. The number of halogens is 2. The number of amides is 2. The minimum Gasteiger partial charge on any atom is -0.457 e. The van der Waals surface area contributed by atoms with Crippen LogP contribution in [0.15, 0.2) is 59.6 Å². The number of hydrogen-bond acceptors (Lipinski definition) is 3. The monoisotopic (exact) mass is 382 g/mol. The number of alkyl halides is 2. The molecular weight excluding hydrogens is 366 g/mol. The molecule has 2 amide bonds. The molecule has 2 aromatic rings. The molecule has 2 heterocycles. The first-order chi connectivity index (χ1) is 13.4. The van der Waals surface area contributed by atoms with Crippen LogP contribution < -0.4 is 10.1 Å². The number of ether oxygens (including phenoxy) is 1. The molecule has 7 heteroatoms. The normalized spacial score (nSPS) is 20.1. The molecule has 2 aliphatic heterocycles. The summed E-state index contributed by atoms with van der Waals surface area (Å²) in [5.41, 5.74) is 1.87. The van der Waals surface area contributed by atoms with Crippen molar-refractivity contribution < 1.29 is 23.1 Å². The molecule has 1 N–H and O–H groups in total. The van der Waals surface area contributed by atoms with Crippen molar-refractivity contribution in [3.05, 3.63) is 71.3 Å². The van der Waals surface area contributed by atoms with Crippen LogP contribution in [-0.4, -0.2) is 24.0 Å². The summed E-state index contributed by atoms with van der Waals surface area (Å²) in [5.74, 6) is -1.53. The van der Waals surface area contributed by atoms with Crippen LogP contribution in [0.25, 0.3) is 0 Å². The molecule has 0 bridgehead atoms. The number of nitrogens with zero attached hydrogens (tertiary/aromatic N) is 1. The van der Waals surface area contributed by atoms with Crippen LogP contribution in [0.5, 0.6) is 11.5 Å². The minimum atomic E-state index is -2.86. The Kier molecular flexibility index (Phi) is 4.50. The highest BCUT2D eigenvalue weighted by Crippen LogP contribution is 2.43. The van der Waals surface area contributed by atoms with Crippen molar-refractivity contribution in [1.82, 2.24) is 5.32 Å². The molecule has 2 atom stereocenters. The van der Waals surface area contributed by atoms with Crippen LogP contribution in [0, 0.1) is 12.8 Å². The number of nitrogens with one attached hydrogen (secondary N) is 1. The summed E-state index contributed by atoms with van der Waals surface area (Å²) in [5, 5.41) is 2.85. The lowest BCUT2D eigenvalue weighted by Gasteiger charge is -2.30. The highest BCUT2D eigenvalue weighted by molar-refractivity contribution is 6.14. The molecule has 0 radical (unpaired) electrons. The van der Waals surface area contributed by atoms with Gasteiger partial charge in [-0.25, -0.2) is 13.8 Å². The first-order valence-electron chi connectivity index (χ1n) is 8.70. The number of carbonyl (C=O) groups is 2. The van der Waals surface area contributed by atoms with Gasteiger partial charge in [-0.2, -0.15) is 0 Å². The van der Waals surface area contributed by atoms with Gasteiger partial charge in [0.2, 0.25) is 5.91 Å². The Morgan fingerprint density at radius 2 is 1.89 bits per heavy atom. The average Bonchev–Trinajstić information content (AvgIpc) is 2.67. The second kappa shape index (κ2) is 6.99. The van der Waals surface area contributed by atoms with Crippen molar-refractivity contribution >= 4 is 17.5 Å². The van der Waals surface area contributed by atoms with E-state index in [2.05, 4.69) is 10.3 Å². The number of aliphatic imine (C=N–C) groups is 1. The second-order valence-corrected chi connectivity index (χ2v) is 6.64. The maximum absolute atomic E-state index is 12.8. The van der Waals surface area contributed by atoms with Crippen molar-refractivity contribution in [1.29, 1.82) is 0 Å². The number of fused-ring (bicyclic) bond motifs is 2. The molecule has 0 saturated carbocycles. The fraction of sp³-hybridized carbons (Fsp3) is 0.190. The van der Waals surface area contributed by atoms with Crippen LogP contribution in [0.1, 0.15) is 22.7 Å². The third-order valence-electron chi connectivity index (χ3n) is 4.69. The molecule has 0 aromatic heterocycles. The van der Waals surface area contributed by atoms with Gasteiger partial charge in [0.05, 0.1) is 6.04 Å². The van der Waals surface area contributed by atoms with Gasteiger partial charge in [-0.05, 0) is 30.7 Å². The topological polar surface area (TPSA) is 67.8 Å². The highest BCUT2D eigenvalue weighted by Gasteiger charge is 2.34. The van der Waals surface area contributed by atoms with E-state index in [1.165, 1.54) is 0 Å². The number of para-hydroxylation sites is 1. The van der Waals surface area contributed by atoms with Crippen molar-refractivity contribution in [3.63, 3.8) is 0 Å². The number of benzene rings is 2. The van der Waals surface area contributed by atoms with Gasteiger partial charge in [-0.1, -0.05) is 36.4 Å². The van der Waals surface area contributed by atoms with Crippen LogP contribution in [0.2, 0.25) is 0 Å². The molecule has 2 aliphatic rings. The Hall–Kier alpha value is -3.35. The second-order valence-electron chi connectivity index (χ2n) is 6.64. The number of hydrogen-bond donors (Lipinski definition) is 1. The third-order valence-corrected chi connectivity index (χ3v) is 4.69. The summed E-state index contributed by atoms with van der Waals surface area (Å²) in [6.07, 6.45) is -0.680. The predicted molar refractivity (Wildman–Crippen MR) is 98.8 cm³/mol. The van der Waals surface area contributed by atoms with Gasteiger partial charge in [0, 0.05) is 11.1 Å². The number of aryl methyl sites for hydroxylation is 1. The maximum Gasteiger partial charge on any atom is 0.280 e. The SMILES string of the molecule is Cc1ccc2c(c1)Oc1ccccc1C2NC(=O)C1C=CC(C(F)F)=NC1=O. The lowest BCUT2D eigenvalue weighted by molar-refractivity contribution is -0.131. The van der Waals surface area contributed by atoms with Crippen LogP contribution in [0.3, 0.4) is 0 Å². The lowest BCUT2D eigenvalue weighted by atomic mass is 9.92. The Labute approximate surface area is 159 Å². The predicted octanol–water partition coefficient (Wildman–Crippen LogP) is 3.73. The standard InChI is InChI=1S/C21H16F2N2O3/c1-11-6-7-13-17(10-11)28-16-5-3-2-4-12(16)18(13)25-21(27)14-8-9-15(19(22)23)24-20(14)26/h2-10,14,18-19H,1H3,(H,25,27). The average molecular weight is 382 g/mol. The molecule has 0 aliphatic carbocycles. The fourth-order valence-corrected chi connectivity index (χ4v) is 3.29. The van der Waals surface area contributed by atoms with Crippen LogP contribution in [-0.2, 0) is 9.59 Å². The first-order valence-corrected chi connectivity index (χ1v) is 8.70. The number of rotatable bonds is 3. The summed E-state index contributed by atoms with van der Waals surface area (Å²) in [6.45, 7) is 1.93. The van der Waals surface area contributed by atoms with Gasteiger partial charge in [0.1, 0.15) is 23.1 Å². The number of carbonyl (C=O) groups excluding carboxylic acids is 2. The highest BCUT2D eigenvalue weighted by atomic mass is 19.3. The Balaban J connectivity index is 1.64. The molecule has 0 spiro atoms. The Morgan fingerprint density at radius 1 is 1.14 bits per heavy atom. The summed E-state index contributed by atoms with van der Waals surface area (Å²) in [4.78, 5) is 28.2. The molecule has 2 aromatic carbocycles. The van der Waals surface area contributed by atoms with Gasteiger partial charge < -0.3 is 10.1 Å². The van der Waals surface area contributed by atoms with E-state index in [4.69, 9.17) is 4.74 Å². The van der Waals surface area contributed by atoms with Gasteiger partial charge in [-0.3, -0.25) is 9.59 Å². The van der Waals surface area contributed by atoms with Gasteiger partial charge >= 0.3 is 0 Å². The zero-order valence-corrected chi connectivity index (χ0v) is 14.9. The summed E-state index contributed by atoms with van der Waals surface area (Å²) >= 11 is 0. The summed E-state index contributed by atoms with van der Waals surface area (Å²) < 4.78 is 31.4. The number of allylic oxidation sites excluding steroid dienone is 1. The van der Waals surface area contributed by atoms with E-state index in [0.29, 0.717) is 11.5 Å². The lowest BCUT2D eigenvalue weighted by Crippen LogP contribution is -2.39. The zero-order chi connectivity index (χ0) is 19.8. The van der Waals surface area contributed by atoms with E-state index in [0.717, 1.165) is 28.8 Å². The number of dihydropyridines is 1. The molecular formula is C21H16F2N2O3. The quantitative estimate of drug-likeness (QED) is 0.823. The molecule has 0 fully saturated rings. The van der Waals surface area contributed by atoms with Crippen LogP contribution >= 0.6 is 0 Å². The Morgan fingerprint density at radius 3 is 2.64 bits per heavy atom. The maximum atomic E-state index is 12.8. The smallest absolute Gasteiger partial charge is 0.280 e. The van der Waals surface area contributed by atoms with E-state index in [1.807, 2.05) is 43.3 Å². The van der Waals surface area contributed by atoms with Crippen molar-refractivity contribution in [2.45, 2.75) is 19.4 Å². The van der Waals surface area contributed by atoms with Gasteiger partial charge in [0.25, 0.3) is 12.3 Å². The van der Waals surface area contributed by atoms with E-state index in [-0.39, 0.29) is 0 Å². The van der Waals surface area contributed by atoms with E-state index >= 15 is 0 Å². The summed E-state index contributed by atoms with van der Waals surface area (Å²) in [7, 11) is 0. The van der Waals surface area contributed by atoms with Gasteiger partial charge in [-0.15, -0.1) is 0 Å². The third kappa shape index (κ3) is 3.19.